The zero-order valence-electron chi connectivity index (χ0n) is 15.6. The van der Waals surface area contributed by atoms with Gasteiger partial charge in [0, 0.05) is 5.41 Å². The van der Waals surface area contributed by atoms with Crippen LogP contribution >= 0.6 is 0 Å². The minimum atomic E-state index is -0.887. The SMILES string of the molecule is C#C[C@]1(O)CC[C@H]2[C@@H]3CCC4=C[C@@H](O)CC[C@@H]4[C@H]3CC[C@@]21C.[H-].[Na+]. The normalized spacial score (nSPS) is 51.4. The van der Waals surface area contributed by atoms with Crippen molar-refractivity contribution in [3.63, 3.8) is 0 Å². The molecule has 2 N–H and O–H groups in total. The van der Waals surface area contributed by atoms with Crippen LogP contribution in [0.5, 0.6) is 0 Å². The number of hydrogen-bond donors (Lipinski definition) is 2. The van der Waals surface area contributed by atoms with E-state index in [0.717, 1.165) is 50.4 Å². The maximum atomic E-state index is 10.9. The molecule has 0 bridgehead atoms. The van der Waals surface area contributed by atoms with Crippen molar-refractivity contribution < 1.29 is 41.2 Å². The Labute approximate surface area is 163 Å². The molecule has 0 unspecified atom stereocenters. The predicted molar refractivity (Wildman–Crippen MR) is 88.0 cm³/mol. The molecule has 0 saturated heterocycles. The van der Waals surface area contributed by atoms with E-state index >= 15 is 0 Å². The zero-order chi connectivity index (χ0) is 15.5. The molecule has 0 heterocycles. The van der Waals surface area contributed by atoms with Gasteiger partial charge >= 0.3 is 29.6 Å². The number of aliphatic hydroxyl groups excluding tert-OH is 1. The number of allylic oxidation sites excluding steroid dienone is 1. The van der Waals surface area contributed by atoms with Gasteiger partial charge in [0.05, 0.1) is 6.10 Å². The van der Waals surface area contributed by atoms with E-state index in [4.69, 9.17) is 6.42 Å². The Morgan fingerprint density at radius 3 is 2.70 bits per heavy atom. The minimum absolute atomic E-state index is 0. The molecule has 23 heavy (non-hydrogen) atoms. The number of hydrogen-bond acceptors (Lipinski definition) is 2. The van der Waals surface area contributed by atoms with Gasteiger partial charge in [-0.1, -0.05) is 24.5 Å². The van der Waals surface area contributed by atoms with E-state index < -0.39 is 5.60 Å². The summed E-state index contributed by atoms with van der Waals surface area (Å²) in [6.07, 6.45) is 16.2. The van der Waals surface area contributed by atoms with E-state index in [1.807, 2.05) is 0 Å². The summed E-state index contributed by atoms with van der Waals surface area (Å²) < 4.78 is 0. The summed E-state index contributed by atoms with van der Waals surface area (Å²) in [5, 5.41) is 20.8. The van der Waals surface area contributed by atoms with E-state index in [1.54, 1.807) is 0 Å². The van der Waals surface area contributed by atoms with E-state index in [-0.39, 0.29) is 42.5 Å². The number of aliphatic hydroxyl groups is 2. The van der Waals surface area contributed by atoms with E-state index in [1.165, 1.54) is 18.4 Å². The third-order valence-electron chi connectivity index (χ3n) is 7.82. The first-order valence-electron chi connectivity index (χ1n) is 9.07. The fourth-order valence-electron chi connectivity index (χ4n) is 6.57. The third-order valence-corrected chi connectivity index (χ3v) is 7.82. The van der Waals surface area contributed by atoms with Crippen molar-refractivity contribution >= 4 is 0 Å². The molecule has 3 heteroatoms. The monoisotopic (exact) mass is 324 g/mol. The molecule has 7 atom stereocenters. The summed E-state index contributed by atoms with van der Waals surface area (Å²) in [6, 6.07) is 0. The average molecular weight is 324 g/mol. The van der Waals surface area contributed by atoms with Crippen LogP contribution in [0.2, 0.25) is 0 Å². The minimum Gasteiger partial charge on any atom is -1.00 e. The van der Waals surface area contributed by atoms with Crippen molar-refractivity contribution in [2.24, 2.45) is 29.1 Å². The van der Waals surface area contributed by atoms with Crippen molar-refractivity contribution in [3.8, 4) is 12.3 Å². The van der Waals surface area contributed by atoms with Crippen LogP contribution in [0.3, 0.4) is 0 Å². The topological polar surface area (TPSA) is 40.5 Å². The molecule has 4 rings (SSSR count). The summed E-state index contributed by atoms with van der Waals surface area (Å²) in [6.45, 7) is 2.25. The summed E-state index contributed by atoms with van der Waals surface area (Å²) in [5.41, 5.74) is 0.550. The van der Waals surface area contributed by atoms with Gasteiger partial charge in [-0.05, 0) is 75.0 Å². The Kier molecular flexibility index (Phi) is 4.85. The van der Waals surface area contributed by atoms with Gasteiger partial charge in [-0.2, -0.15) is 0 Å². The van der Waals surface area contributed by atoms with E-state index in [9.17, 15) is 10.2 Å². The van der Waals surface area contributed by atoms with E-state index in [0.29, 0.717) is 11.8 Å². The maximum Gasteiger partial charge on any atom is 1.00 e. The molecule has 2 nitrogen and oxygen atoms in total. The third kappa shape index (κ3) is 2.51. The second-order valence-corrected chi connectivity index (χ2v) is 8.47. The second-order valence-electron chi connectivity index (χ2n) is 8.47. The molecule has 0 radical (unpaired) electrons. The summed E-state index contributed by atoms with van der Waals surface area (Å²) in [5.74, 6) is 5.50. The van der Waals surface area contributed by atoms with Gasteiger partial charge in [0.1, 0.15) is 5.60 Å². The summed E-state index contributed by atoms with van der Waals surface area (Å²) in [4.78, 5) is 0. The molecular formula is C20H29NaO2. The molecule has 0 spiro atoms. The van der Waals surface area contributed by atoms with Crippen molar-refractivity contribution in [2.75, 3.05) is 0 Å². The number of terminal acetylenes is 1. The number of rotatable bonds is 0. The van der Waals surface area contributed by atoms with Crippen LogP contribution in [-0.4, -0.2) is 21.9 Å². The smallest absolute Gasteiger partial charge is 1.00 e. The van der Waals surface area contributed by atoms with Crippen LogP contribution in [0.4, 0.5) is 0 Å². The maximum absolute atomic E-state index is 10.9. The predicted octanol–water partition coefficient (Wildman–Crippen LogP) is 0.401. The standard InChI is InChI=1S/C20H28O2.Na.H/c1-3-20(22)11-9-18-17-6-4-13-12-14(21)5-7-15(13)16(17)8-10-19(18,20)2;;/h1,12,14-18,21-22H,4-11H2,2H3;;/q;+1;-1/t14-,15-,16+,17+,18-,19-,20-;;/m0../s1. The zero-order valence-corrected chi connectivity index (χ0v) is 16.6. The van der Waals surface area contributed by atoms with Crippen LogP contribution in [0.15, 0.2) is 11.6 Å². The Hall–Kier alpha value is 0.220. The van der Waals surface area contributed by atoms with E-state index in [2.05, 4.69) is 18.9 Å². The molecule has 0 aromatic heterocycles. The van der Waals surface area contributed by atoms with Gasteiger partial charge in [0.2, 0.25) is 0 Å². The first kappa shape index (κ1) is 18.0. The molecule has 0 aliphatic heterocycles. The fourth-order valence-corrected chi connectivity index (χ4v) is 6.57. The van der Waals surface area contributed by atoms with Gasteiger partial charge in [0.25, 0.3) is 0 Å². The van der Waals surface area contributed by atoms with Crippen LogP contribution in [-0.2, 0) is 0 Å². The van der Waals surface area contributed by atoms with Gasteiger partial charge in [0.15, 0.2) is 0 Å². The van der Waals surface area contributed by atoms with Gasteiger partial charge < -0.3 is 11.6 Å². The summed E-state index contributed by atoms with van der Waals surface area (Å²) >= 11 is 0. The van der Waals surface area contributed by atoms with Gasteiger partial charge in [-0.3, -0.25) is 0 Å². The Morgan fingerprint density at radius 2 is 1.96 bits per heavy atom. The molecule has 0 aromatic carbocycles. The molecular weight excluding hydrogens is 295 g/mol. The van der Waals surface area contributed by atoms with Gasteiger partial charge in [-0.15, -0.1) is 6.42 Å². The van der Waals surface area contributed by atoms with Gasteiger partial charge in [-0.25, -0.2) is 0 Å². The fraction of sp³-hybridized carbons (Fsp3) is 0.800. The number of fused-ring (bicyclic) bond motifs is 5. The molecule has 122 valence electrons. The first-order valence-corrected chi connectivity index (χ1v) is 9.07. The van der Waals surface area contributed by atoms with Crippen molar-refractivity contribution in [3.05, 3.63) is 11.6 Å². The molecule has 0 amide bonds. The molecule has 4 aliphatic carbocycles. The Morgan fingerprint density at radius 1 is 1.17 bits per heavy atom. The Bertz CT molecular complexity index is 556. The summed E-state index contributed by atoms with van der Waals surface area (Å²) in [7, 11) is 0. The quantitative estimate of drug-likeness (QED) is 0.385. The van der Waals surface area contributed by atoms with Crippen LogP contribution in [0, 0.1) is 41.4 Å². The van der Waals surface area contributed by atoms with Crippen LogP contribution in [0.25, 0.3) is 0 Å². The van der Waals surface area contributed by atoms with Crippen molar-refractivity contribution in [1.82, 2.24) is 0 Å². The Balaban J connectivity index is 0.00000104. The van der Waals surface area contributed by atoms with Crippen LogP contribution in [0.1, 0.15) is 59.7 Å². The van der Waals surface area contributed by atoms with Crippen molar-refractivity contribution in [2.45, 2.75) is 70.0 Å². The molecule has 3 fully saturated rings. The molecule has 0 aromatic rings. The van der Waals surface area contributed by atoms with Crippen LogP contribution < -0.4 is 29.6 Å². The second kappa shape index (κ2) is 6.19. The molecule has 4 aliphatic rings. The molecule has 3 saturated carbocycles. The van der Waals surface area contributed by atoms with Crippen molar-refractivity contribution in [1.29, 1.82) is 0 Å². The average Bonchev–Trinajstić information content (AvgIpc) is 2.79. The largest absolute Gasteiger partial charge is 1.00 e. The first-order chi connectivity index (χ1) is 10.5.